The first-order valence-corrected chi connectivity index (χ1v) is 9.74. The van der Waals surface area contributed by atoms with Gasteiger partial charge < -0.3 is 20.1 Å². The van der Waals surface area contributed by atoms with E-state index >= 15 is 0 Å². The van der Waals surface area contributed by atoms with Crippen molar-refractivity contribution < 1.29 is 22.6 Å². The highest BCUT2D eigenvalue weighted by atomic mass is 19.4. The van der Waals surface area contributed by atoms with Gasteiger partial charge in [0.2, 0.25) is 5.95 Å². The summed E-state index contributed by atoms with van der Waals surface area (Å²) >= 11 is 0. The van der Waals surface area contributed by atoms with Gasteiger partial charge in [0, 0.05) is 17.6 Å². The van der Waals surface area contributed by atoms with Crippen LogP contribution in [0.4, 0.5) is 36.3 Å². The normalized spacial score (nSPS) is 11.1. The largest absolute Gasteiger partial charge is 0.497 e. The summed E-state index contributed by atoms with van der Waals surface area (Å²) in [5.41, 5.74) is 0.0936. The summed E-state index contributed by atoms with van der Waals surface area (Å²) in [5, 5.41) is 5.62. The molecule has 0 saturated heterocycles. The van der Waals surface area contributed by atoms with E-state index in [1.807, 2.05) is 0 Å². The number of aromatic nitrogens is 2. The zero-order valence-corrected chi connectivity index (χ0v) is 17.2. The molecule has 0 fully saturated rings. The first-order chi connectivity index (χ1) is 14.9. The Morgan fingerprint density at radius 1 is 0.903 bits per heavy atom. The number of alkyl halides is 3. The van der Waals surface area contributed by atoms with Crippen LogP contribution in [-0.4, -0.2) is 23.7 Å². The Kier molecular flexibility index (Phi) is 7.17. The number of ether oxygens (including phenoxy) is 2. The number of nitrogens with zero attached hydrogens (tertiary/aromatic N) is 2. The lowest BCUT2D eigenvalue weighted by Gasteiger charge is -2.15. The van der Waals surface area contributed by atoms with Crippen LogP contribution in [0.15, 0.2) is 54.7 Å². The summed E-state index contributed by atoms with van der Waals surface area (Å²) < 4.78 is 50.9. The van der Waals surface area contributed by atoms with Gasteiger partial charge in [-0.25, -0.2) is 4.98 Å². The number of hydrogen-bond acceptors (Lipinski definition) is 6. The maximum Gasteiger partial charge on any atom is 0.421 e. The molecule has 6 nitrogen and oxygen atoms in total. The van der Waals surface area contributed by atoms with Crippen LogP contribution < -0.4 is 20.1 Å². The minimum Gasteiger partial charge on any atom is -0.497 e. The molecular weight excluding hydrogens is 409 g/mol. The monoisotopic (exact) mass is 432 g/mol. The average molecular weight is 432 g/mol. The Bertz CT molecular complexity index is 978. The molecule has 0 radical (unpaired) electrons. The molecule has 9 heteroatoms. The van der Waals surface area contributed by atoms with Gasteiger partial charge in [-0.1, -0.05) is 13.3 Å². The van der Waals surface area contributed by atoms with Gasteiger partial charge in [-0.15, -0.1) is 0 Å². The predicted octanol–water partition coefficient (Wildman–Crippen LogP) is 6.17. The molecule has 3 aromatic rings. The zero-order valence-electron chi connectivity index (χ0n) is 17.2. The fourth-order valence-electron chi connectivity index (χ4n) is 2.65. The van der Waals surface area contributed by atoms with Gasteiger partial charge in [-0.3, -0.25) is 0 Å². The van der Waals surface area contributed by atoms with Crippen molar-refractivity contribution in [2.24, 2.45) is 0 Å². The Morgan fingerprint density at radius 2 is 1.52 bits per heavy atom. The number of methoxy groups -OCH3 is 1. The fourth-order valence-corrected chi connectivity index (χ4v) is 2.65. The quantitative estimate of drug-likeness (QED) is 0.394. The molecule has 1 aromatic heterocycles. The summed E-state index contributed by atoms with van der Waals surface area (Å²) in [6, 6.07) is 13.5. The second-order valence-electron chi connectivity index (χ2n) is 6.66. The number of hydrogen-bond donors (Lipinski definition) is 2. The number of rotatable bonds is 9. The first kappa shape index (κ1) is 22.2. The van der Waals surface area contributed by atoms with Gasteiger partial charge in [0.25, 0.3) is 0 Å². The highest BCUT2D eigenvalue weighted by Gasteiger charge is 2.35. The molecule has 0 bridgehead atoms. The summed E-state index contributed by atoms with van der Waals surface area (Å²) in [5.74, 6) is 0.987. The van der Waals surface area contributed by atoms with Crippen molar-refractivity contribution in [3.8, 4) is 11.5 Å². The summed E-state index contributed by atoms with van der Waals surface area (Å²) in [6.07, 6.45) is -1.85. The standard InChI is InChI=1S/C22H23F3N4O2/c1-3-4-13-31-18-11-7-16(8-12-18)28-21-26-14-19(22(23,24)25)20(29-21)27-15-5-9-17(30-2)10-6-15/h5-12,14H,3-4,13H2,1-2H3,(H2,26,27,28,29). The smallest absolute Gasteiger partial charge is 0.421 e. The summed E-state index contributed by atoms with van der Waals surface area (Å²) in [4.78, 5) is 7.86. The van der Waals surface area contributed by atoms with Crippen LogP contribution >= 0.6 is 0 Å². The third-order valence-electron chi connectivity index (χ3n) is 4.32. The van der Waals surface area contributed by atoms with Gasteiger partial charge in [-0.2, -0.15) is 18.2 Å². The van der Waals surface area contributed by atoms with Crippen LogP contribution in [0.3, 0.4) is 0 Å². The van der Waals surface area contributed by atoms with Gasteiger partial charge in [0.05, 0.1) is 13.7 Å². The Morgan fingerprint density at radius 3 is 2.10 bits per heavy atom. The van der Waals surface area contributed by atoms with Crippen LogP contribution in [-0.2, 0) is 6.18 Å². The van der Waals surface area contributed by atoms with Crippen molar-refractivity contribution in [3.63, 3.8) is 0 Å². The van der Waals surface area contributed by atoms with Gasteiger partial charge in [-0.05, 0) is 55.0 Å². The molecule has 0 aliphatic rings. The van der Waals surface area contributed by atoms with E-state index in [1.54, 1.807) is 48.5 Å². The zero-order chi connectivity index (χ0) is 22.3. The van der Waals surface area contributed by atoms with Gasteiger partial charge in [0.1, 0.15) is 22.9 Å². The van der Waals surface area contributed by atoms with E-state index in [0.29, 0.717) is 29.5 Å². The van der Waals surface area contributed by atoms with E-state index in [4.69, 9.17) is 9.47 Å². The topological polar surface area (TPSA) is 68.3 Å². The minimum absolute atomic E-state index is 0.0312. The Labute approximate surface area is 178 Å². The molecule has 2 aromatic carbocycles. The van der Waals surface area contributed by atoms with Crippen LogP contribution in [0.1, 0.15) is 25.3 Å². The number of halogens is 3. The van der Waals surface area contributed by atoms with Crippen molar-refractivity contribution in [1.29, 1.82) is 0 Å². The lowest BCUT2D eigenvalue weighted by atomic mass is 10.2. The second kappa shape index (κ2) is 10.0. The molecule has 0 aliphatic carbocycles. The van der Waals surface area contributed by atoms with E-state index in [9.17, 15) is 13.2 Å². The molecular formula is C22H23F3N4O2. The number of unbranched alkanes of at least 4 members (excludes halogenated alkanes) is 1. The third-order valence-corrected chi connectivity index (χ3v) is 4.32. The van der Waals surface area contributed by atoms with E-state index < -0.39 is 11.7 Å². The van der Waals surface area contributed by atoms with Crippen molar-refractivity contribution in [1.82, 2.24) is 9.97 Å². The maximum absolute atomic E-state index is 13.4. The molecule has 0 unspecified atom stereocenters. The third kappa shape index (κ3) is 6.24. The van der Waals surface area contributed by atoms with Crippen molar-refractivity contribution in [2.45, 2.75) is 25.9 Å². The maximum atomic E-state index is 13.4. The lowest BCUT2D eigenvalue weighted by Crippen LogP contribution is -2.12. The summed E-state index contributed by atoms with van der Waals surface area (Å²) in [6.45, 7) is 2.71. The van der Waals surface area contributed by atoms with Crippen molar-refractivity contribution in [2.75, 3.05) is 24.4 Å². The van der Waals surface area contributed by atoms with Crippen LogP contribution in [0.2, 0.25) is 0 Å². The molecule has 0 saturated carbocycles. The van der Waals surface area contributed by atoms with Crippen LogP contribution in [0.5, 0.6) is 11.5 Å². The number of anilines is 4. The van der Waals surface area contributed by atoms with Crippen molar-refractivity contribution in [3.05, 3.63) is 60.3 Å². The Balaban J connectivity index is 1.79. The molecule has 31 heavy (non-hydrogen) atoms. The molecule has 0 atom stereocenters. The molecule has 0 spiro atoms. The van der Waals surface area contributed by atoms with Gasteiger partial charge >= 0.3 is 6.18 Å². The molecule has 2 N–H and O–H groups in total. The Hall–Kier alpha value is -3.49. The first-order valence-electron chi connectivity index (χ1n) is 9.74. The molecule has 0 aliphatic heterocycles. The molecule has 1 heterocycles. The molecule has 0 amide bonds. The number of benzene rings is 2. The average Bonchev–Trinajstić information content (AvgIpc) is 2.75. The second-order valence-corrected chi connectivity index (χ2v) is 6.66. The highest BCUT2D eigenvalue weighted by molar-refractivity contribution is 5.63. The predicted molar refractivity (Wildman–Crippen MR) is 113 cm³/mol. The highest BCUT2D eigenvalue weighted by Crippen LogP contribution is 2.35. The van der Waals surface area contributed by atoms with E-state index in [2.05, 4.69) is 27.5 Å². The SMILES string of the molecule is CCCCOc1ccc(Nc2ncc(C(F)(F)F)c(Nc3ccc(OC)cc3)n2)cc1. The van der Waals surface area contributed by atoms with E-state index in [0.717, 1.165) is 19.0 Å². The van der Waals surface area contributed by atoms with Gasteiger partial charge in [0.15, 0.2) is 0 Å². The summed E-state index contributed by atoms with van der Waals surface area (Å²) in [7, 11) is 1.51. The molecule has 164 valence electrons. The van der Waals surface area contributed by atoms with E-state index in [-0.39, 0.29) is 11.8 Å². The van der Waals surface area contributed by atoms with Crippen LogP contribution in [0, 0.1) is 0 Å². The fraction of sp³-hybridized carbons (Fsp3) is 0.273. The molecule has 3 rings (SSSR count). The minimum atomic E-state index is -4.61. The number of nitrogens with one attached hydrogen (secondary N) is 2. The van der Waals surface area contributed by atoms with Crippen molar-refractivity contribution >= 4 is 23.1 Å². The van der Waals surface area contributed by atoms with Crippen LogP contribution in [0.25, 0.3) is 0 Å². The lowest BCUT2D eigenvalue weighted by molar-refractivity contribution is -0.137. The van der Waals surface area contributed by atoms with E-state index in [1.165, 1.54) is 7.11 Å².